The average Bonchev–Trinajstić information content (AvgIpc) is 3.41. The van der Waals surface area contributed by atoms with Gasteiger partial charge in [-0.2, -0.15) is 0 Å². The highest BCUT2D eigenvalue weighted by Crippen LogP contribution is 2.35. The van der Waals surface area contributed by atoms with E-state index in [2.05, 4.69) is 13.0 Å². The molecule has 2 aromatic carbocycles. The molecular formula is C29H29N3O4S. The maximum atomic E-state index is 13.1. The van der Waals surface area contributed by atoms with Gasteiger partial charge in [0.25, 0.3) is 11.1 Å². The van der Waals surface area contributed by atoms with Crippen LogP contribution in [-0.4, -0.2) is 56.8 Å². The highest BCUT2D eigenvalue weighted by Gasteiger charge is 2.36. The molecule has 0 radical (unpaired) electrons. The molecule has 2 aliphatic heterocycles. The summed E-state index contributed by atoms with van der Waals surface area (Å²) in [5.41, 5.74) is 3.32. The minimum atomic E-state index is -0.476. The zero-order valence-corrected chi connectivity index (χ0v) is 21.6. The van der Waals surface area contributed by atoms with Crippen molar-refractivity contribution in [3.8, 4) is 0 Å². The molecule has 0 saturated carbocycles. The minimum absolute atomic E-state index is 0.0915. The number of aromatic nitrogens is 1. The summed E-state index contributed by atoms with van der Waals surface area (Å²) in [5.74, 6) is -0.672. The van der Waals surface area contributed by atoms with E-state index in [1.165, 1.54) is 0 Å². The first-order valence-corrected chi connectivity index (χ1v) is 13.5. The zero-order chi connectivity index (χ0) is 25.9. The Bertz CT molecular complexity index is 1400. The maximum Gasteiger partial charge on any atom is 0.293 e. The highest BCUT2D eigenvalue weighted by molar-refractivity contribution is 8.18. The number of aryl methyl sites for hydroxylation is 1. The molecule has 0 atom stereocenters. The Kier molecular flexibility index (Phi) is 7.28. The lowest BCUT2D eigenvalue weighted by molar-refractivity contribution is -0.132. The summed E-state index contributed by atoms with van der Waals surface area (Å²) in [5, 5.41) is 0.469. The number of hydrogen-bond acceptors (Lipinski definition) is 5. The van der Waals surface area contributed by atoms with Crippen molar-refractivity contribution in [1.82, 2.24) is 14.4 Å². The Balaban J connectivity index is 1.44. The van der Waals surface area contributed by atoms with Gasteiger partial charge in [-0.1, -0.05) is 55.5 Å². The molecule has 0 bridgehead atoms. The molecule has 5 rings (SSSR count). The SMILES string of the molecule is CCc1cccc2c(/C=C3\SC(=O)N(CC(=O)c4ccccc4)C3=O)cn(CC(=O)N3CCCCC3)c12. The zero-order valence-electron chi connectivity index (χ0n) is 20.8. The van der Waals surface area contributed by atoms with E-state index < -0.39 is 11.1 Å². The van der Waals surface area contributed by atoms with E-state index in [9.17, 15) is 19.2 Å². The fourth-order valence-electron chi connectivity index (χ4n) is 5.02. The first-order chi connectivity index (χ1) is 18.0. The van der Waals surface area contributed by atoms with Crippen LogP contribution >= 0.6 is 11.8 Å². The van der Waals surface area contributed by atoms with Gasteiger partial charge >= 0.3 is 0 Å². The van der Waals surface area contributed by atoms with E-state index in [0.717, 1.165) is 77.5 Å². The van der Waals surface area contributed by atoms with E-state index in [0.29, 0.717) is 5.56 Å². The predicted octanol–water partition coefficient (Wildman–Crippen LogP) is 5.14. The van der Waals surface area contributed by atoms with Gasteiger partial charge in [-0.15, -0.1) is 0 Å². The van der Waals surface area contributed by atoms with E-state index in [1.807, 2.05) is 27.8 Å². The number of likely N-dealkylation sites (tertiary alicyclic amines) is 1. The van der Waals surface area contributed by atoms with Gasteiger partial charge in [-0.3, -0.25) is 24.1 Å². The molecule has 8 heteroatoms. The van der Waals surface area contributed by atoms with Crippen molar-refractivity contribution in [2.45, 2.75) is 39.2 Å². The molecule has 190 valence electrons. The number of nitrogens with zero attached hydrogens (tertiary/aromatic N) is 3. The third kappa shape index (κ3) is 5.11. The van der Waals surface area contributed by atoms with Gasteiger partial charge in [0.05, 0.1) is 17.0 Å². The van der Waals surface area contributed by atoms with E-state index in [1.54, 1.807) is 36.4 Å². The summed E-state index contributed by atoms with van der Waals surface area (Å²) >= 11 is 0.840. The molecule has 0 N–H and O–H groups in total. The number of para-hydroxylation sites is 1. The van der Waals surface area contributed by atoms with Crippen LogP contribution in [0.2, 0.25) is 0 Å². The van der Waals surface area contributed by atoms with Gasteiger partial charge in [-0.25, -0.2) is 0 Å². The molecular weight excluding hydrogens is 486 g/mol. The third-order valence-electron chi connectivity index (χ3n) is 6.97. The first-order valence-electron chi connectivity index (χ1n) is 12.7. The van der Waals surface area contributed by atoms with Gasteiger partial charge < -0.3 is 9.47 Å². The van der Waals surface area contributed by atoms with Crippen LogP contribution in [0.25, 0.3) is 17.0 Å². The fraction of sp³-hybridized carbons (Fsp3) is 0.310. The van der Waals surface area contributed by atoms with Crippen LogP contribution in [0.15, 0.2) is 59.6 Å². The van der Waals surface area contributed by atoms with Gasteiger partial charge in [0.15, 0.2) is 5.78 Å². The molecule has 2 fully saturated rings. The summed E-state index contributed by atoms with van der Waals surface area (Å²) < 4.78 is 1.97. The number of amides is 3. The minimum Gasteiger partial charge on any atom is -0.341 e. The quantitative estimate of drug-likeness (QED) is 0.322. The van der Waals surface area contributed by atoms with Gasteiger partial charge in [0.2, 0.25) is 5.91 Å². The van der Waals surface area contributed by atoms with Crippen molar-refractivity contribution in [2.24, 2.45) is 0 Å². The molecule has 0 unspecified atom stereocenters. The van der Waals surface area contributed by atoms with Crippen molar-refractivity contribution in [3.63, 3.8) is 0 Å². The largest absolute Gasteiger partial charge is 0.341 e. The second kappa shape index (κ2) is 10.8. The Hall–Kier alpha value is -3.65. The molecule has 3 heterocycles. The normalized spacial score (nSPS) is 17.3. The Labute approximate surface area is 220 Å². The Morgan fingerprint density at radius 2 is 1.70 bits per heavy atom. The molecule has 0 aliphatic carbocycles. The lowest BCUT2D eigenvalue weighted by Gasteiger charge is -2.27. The topological polar surface area (TPSA) is 79.7 Å². The van der Waals surface area contributed by atoms with Crippen LogP contribution in [-0.2, 0) is 22.6 Å². The lowest BCUT2D eigenvalue weighted by atomic mass is 10.1. The number of carbonyl (C=O) groups is 4. The summed E-state index contributed by atoms with van der Waals surface area (Å²) in [4.78, 5) is 54.7. The number of ketones is 1. The van der Waals surface area contributed by atoms with Crippen molar-refractivity contribution in [2.75, 3.05) is 19.6 Å². The molecule has 3 amide bonds. The number of piperidine rings is 1. The summed E-state index contributed by atoms with van der Waals surface area (Å²) in [6, 6.07) is 14.6. The molecule has 1 aromatic heterocycles. The third-order valence-corrected chi connectivity index (χ3v) is 7.87. The van der Waals surface area contributed by atoms with Crippen LogP contribution in [0, 0.1) is 0 Å². The number of rotatable bonds is 7. The monoisotopic (exact) mass is 515 g/mol. The molecule has 2 aliphatic rings. The number of benzene rings is 2. The van der Waals surface area contributed by atoms with Gasteiger partial charge in [0, 0.05) is 35.8 Å². The smallest absolute Gasteiger partial charge is 0.293 e. The van der Waals surface area contributed by atoms with Crippen molar-refractivity contribution >= 4 is 51.6 Å². The van der Waals surface area contributed by atoms with E-state index in [4.69, 9.17) is 0 Å². The van der Waals surface area contributed by atoms with Crippen LogP contribution < -0.4 is 0 Å². The number of thioether (sulfide) groups is 1. The number of carbonyl (C=O) groups excluding carboxylic acids is 4. The van der Waals surface area contributed by atoms with Gasteiger partial charge in [0.1, 0.15) is 6.54 Å². The second-order valence-electron chi connectivity index (χ2n) is 9.38. The summed E-state index contributed by atoms with van der Waals surface area (Å²) in [7, 11) is 0. The number of imide groups is 1. The van der Waals surface area contributed by atoms with E-state index in [-0.39, 0.29) is 29.7 Å². The number of fused-ring (bicyclic) bond motifs is 1. The second-order valence-corrected chi connectivity index (χ2v) is 10.4. The number of hydrogen-bond donors (Lipinski definition) is 0. The van der Waals surface area contributed by atoms with Crippen LogP contribution in [0.1, 0.15) is 47.7 Å². The van der Waals surface area contributed by atoms with E-state index >= 15 is 0 Å². The van der Waals surface area contributed by atoms with Crippen molar-refractivity contribution < 1.29 is 19.2 Å². The molecule has 37 heavy (non-hydrogen) atoms. The maximum absolute atomic E-state index is 13.1. The predicted molar refractivity (Wildman–Crippen MR) is 145 cm³/mol. The van der Waals surface area contributed by atoms with Gasteiger partial charge in [-0.05, 0) is 49.1 Å². The van der Waals surface area contributed by atoms with Crippen molar-refractivity contribution in [3.05, 3.63) is 76.3 Å². The standard InChI is InChI=1S/C29H29N3O4S/c1-2-20-12-9-13-23-22(17-31(27(20)23)19-26(34)30-14-7-4-8-15-30)16-25-28(35)32(29(36)37-25)18-24(33)21-10-5-3-6-11-21/h3,5-6,9-13,16-17H,2,4,7-8,14-15,18-19H2,1H3/b25-16-. The average molecular weight is 516 g/mol. The van der Waals surface area contributed by atoms with Crippen LogP contribution in [0.3, 0.4) is 0 Å². The van der Waals surface area contributed by atoms with Crippen LogP contribution in [0.4, 0.5) is 4.79 Å². The Morgan fingerprint density at radius 1 is 0.946 bits per heavy atom. The highest BCUT2D eigenvalue weighted by atomic mass is 32.2. The lowest BCUT2D eigenvalue weighted by Crippen LogP contribution is -2.37. The summed E-state index contributed by atoms with van der Waals surface area (Å²) in [6.07, 6.45) is 7.64. The molecule has 0 spiro atoms. The Morgan fingerprint density at radius 3 is 2.43 bits per heavy atom. The molecule has 3 aromatic rings. The molecule has 2 saturated heterocycles. The fourth-order valence-corrected chi connectivity index (χ4v) is 5.85. The van der Waals surface area contributed by atoms with Crippen molar-refractivity contribution in [1.29, 1.82) is 0 Å². The first kappa shape index (κ1) is 25.0. The number of Topliss-reactive ketones (excluding diaryl/α,β-unsaturated/α-hetero) is 1. The van der Waals surface area contributed by atoms with Crippen LogP contribution in [0.5, 0.6) is 0 Å². The molecule has 7 nitrogen and oxygen atoms in total. The summed E-state index contributed by atoms with van der Waals surface area (Å²) in [6.45, 7) is 3.60.